The quantitative estimate of drug-likeness (QED) is 0.317. The molecular weight excluding hydrogens is 430 g/mol. The van der Waals surface area contributed by atoms with Gasteiger partial charge < -0.3 is 14.2 Å². The molecule has 5 aromatic rings. The van der Waals surface area contributed by atoms with Crippen LogP contribution >= 0.6 is 15.9 Å². The highest BCUT2D eigenvalue weighted by Gasteiger charge is 2.22. The minimum atomic E-state index is -0.412. The summed E-state index contributed by atoms with van der Waals surface area (Å²) in [5.74, 6) is 0.547. The van der Waals surface area contributed by atoms with Gasteiger partial charge in [0.2, 0.25) is 5.88 Å². The van der Waals surface area contributed by atoms with E-state index in [-0.39, 0.29) is 0 Å². The number of halogens is 1. The fourth-order valence-electron chi connectivity index (χ4n) is 3.53. The van der Waals surface area contributed by atoms with Crippen molar-refractivity contribution in [3.8, 4) is 11.1 Å². The zero-order chi connectivity index (χ0) is 19.8. The molecule has 0 radical (unpaired) electrons. The van der Waals surface area contributed by atoms with Crippen molar-refractivity contribution < 1.29 is 8.83 Å². The second-order valence-corrected chi connectivity index (χ2v) is 7.66. The Bertz CT molecular complexity index is 1390. The Hall–Kier alpha value is -3.31. The molecule has 0 saturated carbocycles. The lowest BCUT2D eigenvalue weighted by Crippen LogP contribution is -2.01. The number of benzene rings is 3. The van der Waals surface area contributed by atoms with Crippen LogP contribution in [0.1, 0.15) is 5.56 Å². The van der Waals surface area contributed by atoms with E-state index < -0.39 is 5.63 Å². The van der Waals surface area contributed by atoms with E-state index in [0.717, 1.165) is 21.0 Å². The first-order valence-electron chi connectivity index (χ1n) is 9.23. The number of nitrogens with one attached hydrogen (secondary N) is 1. The molecule has 1 N–H and O–H groups in total. The van der Waals surface area contributed by atoms with Crippen molar-refractivity contribution in [2.24, 2.45) is 0 Å². The van der Waals surface area contributed by atoms with Gasteiger partial charge in [0.05, 0.1) is 10.9 Å². The number of rotatable bonds is 4. The first-order valence-corrected chi connectivity index (χ1v) is 10.0. The Balaban J connectivity index is 1.76. The van der Waals surface area contributed by atoms with Crippen LogP contribution in [0.15, 0.2) is 97.0 Å². The first kappa shape index (κ1) is 17.8. The Morgan fingerprint density at radius 1 is 0.862 bits per heavy atom. The molecule has 0 atom stereocenters. The van der Waals surface area contributed by atoms with Gasteiger partial charge in [-0.2, -0.15) is 0 Å². The van der Waals surface area contributed by atoms with Crippen LogP contribution in [-0.4, -0.2) is 0 Å². The normalized spacial score (nSPS) is 11.2. The number of para-hydroxylation sites is 1. The van der Waals surface area contributed by atoms with Gasteiger partial charge in [-0.3, -0.25) is 0 Å². The predicted molar refractivity (Wildman–Crippen MR) is 119 cm³/mol. The molecule has 0 bridgehead atoms. The van der Waals surface area contributed by atoms with Crippen LogP contribution in [-0.2, 0) is 6.54 Å². The van der Waals surface area contributed by atoms with Crippen molar-refractivity contribution in [3.63, 3.8) is 0 Å². The summed E-state index contributed by atoms with van der Waals surface area (Å²) in [5, 5.41) is 4.58. The molecule has 0 amide bonds. The molecule has 0 aliphatic heterocycles. The van der Waals surface area contributed by atoms with E-state index >= 15 is 0 Å². The van der Waals surface area contributed by atoms with Gasteiger partial charge in [0.1, 0.15) is 11.0 Å². The lowest BCUT2D eigenvalue weighted by atomic mass is 10.0. The van der Waals surface area contributed by atoms with Crippen LogP contribution < -0.4 is 10.9 Å². The van der Waals surface area contributed by atoms with E-state index in [1.807, 2.05) is 72.8 Å². The number of anilines is 1. The topological polar surface area (TPSA) is 55.4 Å². The van der Waals surface area contributed by atoms with Crippen LogP contribution in [0.3, 0.4) is 0 Å². The highest BCUT2D eigenvalue weighted by atomic mass is 79.9. The molecule has 5 rings (SSSR count). The van der Waals surface area contributed by atoms with Gasteiger partial charge in [-0.05, 0) is 35.4 Å². The summed E-state index contributed by atoms with van der Waals surface area (Å²) in [6.45, 7) is 0.574. The first-order chi connectivity index (χ1) is 14.2. The second-order valence-electron chi connectivity index (χ2n) is 6.75. The van der Waals surface area contributed by atoms with Crippen LogP contribution in [0, 0.1) is 0 Å². The van der Waals surface area contributed by atoms with Crippen LogP contribution in [0.2, 0.25) is 0 Å². The Labute approximate surface area is 174 Å². The van der Waals surface area contributed by atoms with Crippen molar-refractivity contribution in [2.75, 3.05) is 5.32 Å². The van der Waals surface area contributed by atoms with E-state index in [2.05, 4.69) is 21.2 Å². The lowest BCUT2D eigenvalue weighted by molar-refractivity contribution is 0.565. The third-order valence-corrected chi connectivity index (χ3v) is 5.35. The molecule has 5 heteroatoms. The van der Waals surface area contributed by atoms with Crippen molar-refractivity contribution in [2.45, 2.75) is 6.54 Å². The summed E-state index contributed by atoms with van der Waals surface area (Å²) >= 11 is 3.52. The minimum absolute atomic E-state index is 0.412. The molecule has 2 aromatic heterocycles. The molecular formula is C24H16BrNO3. The van der Waals surface area contributed by atoms with Gasteiger partial charge in [0, 0.05) is 11.0 Å². The number of fused-ring (bicyclic) bond motifs is 3. The standard InChI is InChI=1S/C24H16BrNO3/c25-17-10-6-9-16(13-17)20-21-22(18-11-4-5-12-19(18)28-24(21)27)29-23(20)26-14-15-7-2-1-3-8-15/h1-13,26H,14H2. The Morgan fingerprint density at radius 2 is 1.66 bits per heavy atom. The van der Waals surface area contributed by atoms with E-state index in [0.29, 0.717) is 34.5 Å². The maximum absolute atomic E-state index is 12.9. The fourth-order valence-corrected chi connectivity index (χ4v) is 3.93. The molecule has 3 aromatic carbocycles. The highest BCUT2D eigenvalue weighted by molar-refractivity contribution is 9.10. The summed E-state index contributed by atoms with van der Waals surface area (Å²) < 4.78 is 12.7. The smallest absolute Gasteiger partial charge is 0.348 e. The molecule has 0 aliphatic rings. The number of furan rings is 1. The molecule has 0 saturated heterocycles. The summed E-state index contributed by atoms with van der Waals surface area (Å²) in [5.41, 5.74) is 3.32. The average molecular weight is 446 g/mol. The van der Waals surface area contributed by atoms with Crippen molar-refractivity contribution >= 4 is 43.8 Å². The predicted octanol–water partition coefficient (Wildman–Crippen LogP) is 6.58. The monoisotopic (exact) mass is 445 g/mol. The number of hydrogen-bond acceptors (Lipinski definition) is 4. The third-order valence-electron chi connectivity index (χ3n) is 4.86. The molecule has 0 unspecified atom stereocenters. The highest BCUT2D eigenvalue weighted by Crippen LogP contribution is 2.40. The average Bonchev–Trinajstić information content (AvgIpc) is 3.14. The Kier molecular flexibility index (Phi) is 4.45. The van der Waals surface area contributed by atoms with Gasteiger partial charge in [-0.15, -0.1) is 0 Å². The zero-order valence-corrected chi connectivity index (χ0v) is 16.9. The van der Waals surface area contributed by atoms with Crippen molar-refractivity contribution in [3.05, 3.63) is 99.3 Å². The molecule has 0 fully saturated rings. The van der Waals surface area contributed by atoms with Gasteiger partial charge in [-0.25, -0.2) is 4.79 Å². The molecule has 4 nitrogen and oxygen atoms in total. The third kappa shape index (κ3) is 3.23. The number of hydrogen-bond donors (Lipinski definition) is 1. The summed E-state index contributed by atoms with van der Waals surface area (Å²) in [6.07, 6.45) is 0. The summed E-state index contributed by atoms with van der Waals surface area (Å²) in [7, 11) is 0. The van der Waals surface area contributed by atoms with Gasteiger partial charge in [0.15, 0.2) is 5.58 Å². The maximum Gasteiger partial charge on any atom is 0.348 e. The lowest BCUT2D eigenvalue weighted by Gasteiger charge is -2.07. The zero-order valence-electron chi connectivity index (χ0n) is 15.3. The van der Waals surface area contributed by atoms with Gasteiger partial charge >= 0.3 is 5.63 Å². The van der Waals surface area contributed by atoms with E-state index in [1.54, 1.807) is 6.07 Å². The second kappa shape index (κ2) is 7.26. The van der Waals surface area contributed by atoms with E-state index in [1.165, 1.54) is 0 Å². The molecule has 0 aliphatic carbocycles. The summed E-state index contributed by atoms with van der Waals surface area (Å²) in [4.78, 5) is 12.9. The minimum Gasteiger partial charge on any atom is -0.439 e. The molecule has 0 spiro atoms. The van der Waals surface area contributed by atoms with Crippen molar-refractivity contribution in [1.29, 1.82) is 0 Å². The largest absolute Gasteiger partial charge is 0.439 e. The molecule has 29 heavy (non-hydrogen) atoms. The fraction of sp³-hybridized carbons (Fsp3) is 0.0417. The molecule has 142 valence electrons. The van der Waals surface area contributed by atoms with Crippen molar-refractivity contribution in [1.82, 2.24) is 0 Å². The van der Waals surface area contributed by atoms with Gasteiger partial charge in [0.25, 0.3) is 0 Å². The summed E-state index contributed by atoms with van der Waals surface area (Å²) in [6, 6.07) is 25.3. The maximum atomic E-state index is 12.9. The SMILES string of the molecule is O=c1oc2ccccc2c2oc(NCc3ccccc3)c(-c3cccc(Br)c3)c12. The Morgan fingerprint density at radius 3 is 2.48 bits per heavy atom. The van der Waals surface area contributed by atoms with E-state index in [9.17, 15) is 4.79 Å². The van der Waals surface area contributed by atoms with Crippen LogP contribution in [0.4, 0.5) is 5.88 Å². The van der Waals surface area contributed by atoms with E-state index in [4.69, 9.17) is 8.83 Å². The molecule has 2 heterocycles. The van der Waals surface area contributed by atoms with Crippen LogP contribution in [0.25, 0.3) is 33.1 Å². The van der Waals surface area contributed by atoms with Crippen LogP contribution in [0.5, 0.6) is 0 Å². The van der Waals surface area contributed by atoms with Gasteiger partial charge in [-0.1, -0.05) is 70.5 Å².